The quantitative estimate of drug-likeness (QED) is 0.238. The van der Waals surface area contributed by atoms with Gasteiger partial charge in [0.1, 0.15) is 0 Å². The molecule has 0 rings (SSSR count). The molecule has 0 aromatic carbocycles. The summed E-state index contributed by atoms with van der Waals surface area (Å²) < 4.78 is 0. The van der Waals surface area contributed by atoms with E-state index >= 15 is 0 Å². The van der Waals surface area contributed by atoms with E-state index in [1.165, 1.54) is 0 Å². The predicted molar refractivity (Wildman–Crippen MR) is 32.0 cm³/mol. The minimum absolute atomic E-state index is 0. The zero-order valence-electron chi connectivity index (χ0n) is 5.01. The Kier molecular flexibility index (Phi) is 1400. The van der Waals surface area contributed by atoms with Crippen LogP contribution in [-0.2, 0) is 19.5 Å². The molecule has 0 aliphatic carbocycles. The van der Waals surface area contributed by atoms with E-state index in [0.717, 1.165) is 0 Å². The van der Waals surface area contributed by atoms with Crippen LogP contribution in [0.4, 0.5) is 0 Å². The van der Waals surface area contributed by atoms with Crippen molar-refractivity contribution in [1.29, 1.82) is 0 Å². The van der Waals surface area contributed by atoms with Crippen LogP contribution in [-0.4, -0.2) is 37.9 Å². The summed E-state index contributed by atoms with van der Waals surface area (Å²) in [4.78, 5) is 8.25. The molecule has 12 N–H and O–H groups in total. The molecule has 81 valence electrons. The van der Waals surface area contributed by atoms with E-state index in [1.54, 1.807) is 0 Å². The van der Waals surface area contributed by atoms with Crippen LogP contribution >= 0.6 is 0 Å². The van der Waals surface area contributed by atoms with Crippen molar-refractivity contribution in [3.05, 3.63) is 15.3 Å². The average Bonchev–Trinajstić information content (AvgIpc) is 0.811. The molecule has 0 bridgehead atoms. The summed E-state index contributed by atoms with van der Waals surface area (Å²) in [5, 5.41) is 14.8. The number of hydrogen-bond acceptors (Lipinski definition) is 3. The molecule has 0 unspecified atom stereocenters. The van der Waals surface area contributed by atoms with E-state index in [9.17, 15) is 0 Å². The second kappa shape index (κ2) is 106. The molecular formula is H12NO9Rh-. The molecule has 11 heavy (non-hydrogen) atoms. The van der Waals surface area contributed by atoms with Crippen molar-refractivity contribution < 1.29 is 57.4 Å². The van der Waals surface area contributed by atoms with Crippen molar-refractivity contribution in [3.8, 4) is 0 Å². The Morgan fingerprint density at radius 2 is 0.727 bits per heavy atom. The molecule has 0 spiro atoms. The molecule has 0 aliphatic rings. The first-order chi connectivity index (χ1) is 1.73. The number of hydrogen-bond donors (Lipinski definition) is 0. The first kappa shape index (κ1) is 146. The molecule has 0 saturated heterocycles. The molecule has 10 nitrogen and oxygen atoms in total. The molecule has 11 heteroatoms. The molecule has 1 radical (unpaired) electrons. The molecular weight excluding hydrogens is 261 g/mol. The minimum atomic E-state index is -1.75. The SMILES string of the molecule is O.O.O.O.O.O.O=[N+]([O-])[O-].[Rh]. The third kappa shape index (κ3) is 3180. The summed E-state index contributed by atoms with van der Waals surface area (Å²) in [7, 11) is 0. The van der Waals surface area contributed by atoms with E-state index in [0.29, 0.717) is 0 Å². The summed E-state index contributed by atoms with van der Waals surface area (Å²) in [5.41, 5.74) is 0. The fourth-order valence-electron chi connectivity index (χ4n) is 0. The van der Waals surface area contributed by atoms with Crippen LogP contribution in [0.25, 0.3) is 0 Å². The van der Waals surface area contributed by atoms with Crippen molar-refractivity contribution in [2.24, 2.45) is 0 Å². The van der Waals surface area contributed by atoms with Gasteiger partial charge in [-0.05, 0) is 0 Å². The third-order valence-electron chi connectivity index (χ3n) is 0. The van der Waals surface area contributed by atoms with Gasteiger partial charge in [-0.2, -0.15) is 0 Å². The van der Waals surface area contributed by atoms with E-state index in [2.05, 4.69) is 0 Å². The number of rotatable bonds is 0. The van der Waals surface area contributed by atoms with Gasteiger partial charge in [-0.15, -0.1) is 0 Å². The van der Waals surface area contributed by atoms with Crippen LogP contribution in [0.3, 0.4) is 0 Å². The molecule has 0 aromatic rings. The van der Waals surface area contributed by atoms with Crippen molar-refractivity contribution in [3.63, 3.8) is 0 Å². The van der Waals surface area contributed by atoms with Gasteiger partial charge >= 0.3 is 0 Å². The summed E-state index contributed by atoms with van der Waals surface area (Å²) >= 11 is 0. The van der Waals surface area contributed by atoms with Gasteiger partial charge in [-0.3, -0.25) is 0 Å². The van der Waals surface area contributed by atoms with Crippen molar-refractivity contribution in [1.82, 2.24) is 0 Å². The number of nitrogens with zero attached hydrogens (tertiary/aromatic N) is 1. The van der Waals surface area contributed by atoms with Gasteiger partial charge < -0.3 is 48.2 Å². The topological polar surface area (TPSA) is 255 Å². The maximum atomic E-state index is 8.25. The van der Waals surface area contributed by atoms with Crippen LogP contribution in [0.1, 0.15) is 0 Å². The van der Waals surface area contributed by atoms with Gasteiger partial charge in [0.25, 0.3) is 0 Å². The molecule has 0 saturated carbocycles. The Morgan fingerprint density at radius 1 is 0.727 bits per heavy atom. The molecule has 0 atom stereocenters. The second-order valence-corrected chi connectivity index (χ2v) is 0.224. The van der Waals surface area contributed by atoms with Crippen LogP contribution in [0.2, 0.25) is 0 Å². The molecule has 0 fully saturated rings. The standard InChI is InChI=1S/NO3.6H2O.Rh/c2-1(3)4;;;;;;;/h;6*1H2;/q-1;;;;;;;. The van der Waals surface area contributed by atoms with Crippen molar-refractivity contribution in [2.45, 2.75) is 0 Å². The van der Waals surface area contributed by atoms with Crippen LogP contribution in [0.15, 0.2) is 0 Å². The van der Waals surface area contributed by atoms with Gasteiger partial charge in [0, 0.05) is 19.5 Å². The largest absolute Gasteiger partial charge is 0.412 e. The van der Waals surface area contributed by atoms with Crippen molar-refractivity contribution in [2.75, 3.05) is 0 Å². The predicted octanol–water partition coefficient (Wildman–Crippen LogP) is -5.19. The summed E-state index contributed by atoms with van der Waals surface area (Å²) in [6, 6.07) is 0. The van der Waals surface area contributed by atoms with Crippen molar-refractivity contribution >= 4 is 0 Å². The van der Waals surface area contributed by atoms with E-state index < -0.39 is 5.09 Å². The van der Waals surface area contributed by atoms with Gasteiger partial charge in [-0.25, -0.2) is 0 Å². The first-order valence-electron chi connectivity index (χ1n) is 0.548. The second-order valence-electron chi connectivity index (χ2n) is 0.224. The monoisotopic (exact) mass is 273 g/mol. The zero-order valence-corrected chi connectivity index (χ0v) is 6.64. The fourth-order valence-corrected chi connectivity index (χ4v) is 0. The fraction of sp³-hybridized carbons (Fsp3) is 0. The van der Waals surface area contributed by atoms with E-state index in [4.69, 9.17) is 15.3 Å². The third-order valence-corrected chi connectivity index (χ3v) is 0. The molecule has 0 amide bonds. The Balaban J connectivity index is -0.00000000214. The average molecular weight is 273 g/mol. The van der Waals surface area contributed by atoms with Gasteiger partial charge in [-0.1, -0.05) is 0 Å². The summed E-state index contributed by atoms with van der Waals surface area (Å²) in [6.45, 7) is 0. The van der Waals surface area contributed by atoms with E-state index in [-0.39, 0.29) is 52.3 Å². The maximum absolute atomic E-state index is 8.25. The Labute approximate surface area is 73.5 Å². The van der Waals surface area contributed by atoms with Gasteiger partial charge in [0.15, 0.2) is 0 Å². The van der Waals surface area contributed by atoms with Gasteiger partial charge in [0.2, 0.25) is 0 Å². The van der Waals surface area contributed by atoms with Crippen LogP contribution in [0, 0.1) is 15.3 Å². The van der Waals surface area contributed by atoms with E-state index in [1.807, 2.05) is 0 Å². The Bertz CT molecular complexity index is 32.5. The first-order valence-corrected chi connectivity index (χ1v) is 0.548. The zero-order chi connectivity index (χ0) is 3.58. The summed E-state index contributed by atoms with van der Waals surface area (Å²) in [6.07, 6.45) is 0. The molecule has 0 heterocycles. The van der Waals surface area contributed by atoms with Gasteiger partial charge in [0.05, 0.1) is 5.09 Å². The molecule has 0 aromatic heterocycles. The maximum Gasteiger partial charge on any atom is 0.0689 e. The Morgan fingerprint density at radius 3 is 0.727 bits per heavy atom. The Hall–Kier alpha value is -0.417. The summed E-state index contributed by atoms with van der Waals surface area (Å²) in [5.74, 6) is 0. The normalized spacial score (nSPS) is 2.18. The molecule has 0 aliphatic heterocycles. The smallest absolute Gasteiger partial charge is 0.0689 e. The van der Waals surface area contributed by atoms with Crippen LogP contribution in [0.5, 0.6) is 0 Å². The van der Waals surface area contributed by atoms with Crippen LogP contribution < -0.4 is 0 Å². The minimum Gasteiger partial charge on any atom is -0.412 e.